The first-order valence-electron chi connectivity index (χ1n) is 9.62. The van der Waals surface area contributed by atoms with Crippen molar-refractivity contribution in [2.75, 3.05) is 5.32 Å². The zero-order valence-electron chi connectivity index (χ0n) is 17.0. The zero-order valence-corrected chi connectivity index (χ0v) is 17.8. The van der Waals surface area contributed by atoms with E-state index in [4.69, 9.17) is 0 Å². The quantitative estimate of drug-likeness (QED) is 0.348. The smallest absolute Gasteiger partial charge is 0.278 e. The lowest BCUT2D eigenvalue weighted by Gasteiger charge is -2.15. The number of hydrogen-bond acceptors (Lipinski definition) is 7. The molecule has 1 aliphatic heterocycles. The molecule has 2 heterocycles. The van der Waals surface area contributed by atoms with E-state index in [0.29, 0.717) is 10.8 Å². The van der Waals surface area contributed by atoms with Crippen molar-refractivity contribution in [2.24, 2.45) is 0 Å². The molecule has 1 aliphatic rings. The topological polar surface area (TPSA) is 95.4 Å². The number of para-hydroxylation sites is 2. The minimum absolute atomic E-state index is 0.0243. The number of anilines is 1. The Hall–Kier alpha value is -3.65. The number of aromatic hydroxyl groups is 1. The fourth-order valence-corrected chi connectivity index (χ4v) is 4.21. The summed E-state index contributed by atoms with van der Waals surface area (Å²) in [7, 11) is 0. The van der Waals surface area contributed by atoms with Crippen molar-refractivity contribution < 1.29 is 14.7 Å². The van der Waals surface area contributed by atoms with Crippen LogP contribution in [0, 0.1) is 13.8 Å². The maximum atomic E-state index is 13.2. The van der Waals surface area contributed by atoms with Gasteiger partial charge in [-0.15, -0.1) is 0 Å². The average molecular weight is 433 g/mol. The summed E-state index contributed by atoms with van der Waals surface area (Å²) >= 11 is 1.04. The van der Waals surface area contributed by atoms with E-state index >= 15 is 0 Å². The Bertz CT molecular complexity index is 1170. The van der Waals surface area contributed by atoms with Crippen LogP contribution in [0.3, 0.4) is 0 Å². The number of imide groups is 1. The monoisotopic (exact) mass is 432 g/mol. The lowest BCUT2D eigenvalue weighted by atomic mass is 10.2. The van der Waals surface area contributed by atoms with Crippen molar-refractivity contribution in [3.8, 4) is 5.75 Å². The van der Waals surface area contributed by atoms with Gasteiger partial charge in [0, 0.05) is 11.4 Å². The largest absolute Gasteiger partial charge is 0.506 e. The van der Waals surface area contributed by atoms with Crippen molar-refractivity contribution >= 4 is 29.3 Å². The first-order chi connectivity index (χ1) is 14.9. The van der Waals surface area contributed by atoms with Crippen LogP contribution in [0.15, 0.2) is 76.4 Å². The molecule has 0 radical (unpaired) electrons. The SMILES string of the molecule is Cc1cc(C)nc(SC2=C(Nc3ccccc3O)C(=O)N(Cc3ccccc3)C2=O)n1. The van der Waals surface area contributed by atoms with Crippen LogP contribution in [-0.2, 0) is 16.1 Å². The lowest BCUT2D eigenvalue weighted by molar-refractivity contribution is -0.137. The summed E-state index contributed by atoms with van der Waals surface area (Å²) in [5.41, 5.74) is 2.79. The Balaban J connectivity index is 1.72. The molecule has 0 saturated carbocycles. The van der Waals surface area contributed by atoms with Crippen molar-refractivity contribution in [1.29, 1.82) is 0 Å². The first kappa shape index (κ1) is 20.6. The van der Waals surface area contributed by atoms with E-state index in [0.717, 1.165) is 28.7 Å². The van der Waals surface area contributed by atoms with Crippen molar-refractivity contribution in [2.45, 2.75) is 25.5 Å². The number of aromatic nitrogens is 2. The van der Waals surface area contributed by atoms with Gasteiger partial charge in [0.05, 0.1) is 12.2 Å². The summed E-state index contributed by atoms with van der Waals surface area (Å²) in [5.74, 6) is -0.924. The molecule has 0 bridgehead atoms. The molecular formula is C23H20N4O3S. The number of thioether (sulfide) groups is 1. The fourth-order valence-electron chi connectivity index (χ4n) is 3.21. The summed E-state index contributed by atoms with van der Waals surface area (Å²) in [6.07, 6.45) is 0. The van der Waals surface area contributed by atoms with Gasteiger partial charge in [-0.1, -0.05) is 42.5 Å². The Labute approximate surface area is 183 Å². The van der Waals surface area contributed by atoms with Gasteiger partial charge in [0.25, 0.3) is 11.8 Å². The predicted molar refractivity (Wildman–Crippen MR) is 118 cm³/mol. The average Bonchev–Trinajstić information content (AvgIpc) is 2.94. The Kier molecular flexibility index (Phi) is 5.73. The molecule has 31 heavy (non-hydrogen) atoms. The van der Waals surface area contributed by atoms with Crippen LogP contribution in [0.4, 0.5) is 5.69 Å². The first-order valence-corrected chi connectivity index (χ1v) is 10.4. The van der Waals surface area contributed by atoms with Gasteiger partial charge in [-0.3, -0.25) is 14.5 Å². The minimum Gasteiger partial charge on any atom is -0.506 e. The van der Waals surface area contributed by atoms with Gasteiger partial charge in [-0.05, 0) is 49.4 Å². The second-order valence-electron chi connectivity index (χ2n) is 7.06. The van der Waals surface area contributed by atoms with Crippen molar-refractivity contribution in [1.82, 2.24) is 14.9 Å². The molecule has 156 valence electrons. The van der Waals surface area contributed by atoms with E-state index in [2.05, 4.69) is 15.3 Å². The summed E-state index contributed by atoms with van der Waals surface area (Å²) in [5, 5.41) is 13.5. The van der Waals surface area contributed by atoms with Gasteiger partial charge in [0.2, 0.25) is 0 Å². The Morgan fingerprint density at radius 1 is 0.935 bits per heavy atom. The molecule has 0 saturated heterocycles. The van der Waals surface area contributed by atoms with Crippen LogP contribution in [0.2, 0.25) is 0 Å². The number of phenols is 1. The maximum absolute atomic E-state index is 13.2. The van der Waals surface area contributed by atoms with E-state index < -0.39 is 11.8 Å². The van der Waals surface area contributed by atoms with Crippen molar-refractivity contribution in [3.05, 3.63) is 88.2 Å². The Morgan fingerprint density at radius 3 is 2.26 bits per heavy atom. The highest BCUT2D eigenvalue weighted by Crippen LogP contribution is 2.36. The lowest BCUT2D eigenvalue weighted by Crippen LogP contribution is -2.31. The highest BCUT2D eigenvalue weighted by atomic mass is 32.2. The molecule has 4 rings (SSSR count). The number of amides is 2. The molecule has 1 aromatic heterocycles. The van der Waals surface area contributed by atoms with E-state index in [1.807, 2.05) is 50.2 Å². The zero-order chi connectivity index (χ0) is 22.0. The number of hydrogen-bond donors (Lipinski definition) is 2. The summed E-state index contributed by atoms with van der Waals surface area (Å²) in [6.45, 7) is 3.83. The van der Waals surface area contributed by atoms with E-state index in [9.17, 15) is 14.7 Å². The number of benzene rings is 2. The molecule has 2 aromatic carbocycles. The fraction of sp³-hybridized carbons (Fsp3) is 0.130. The highest BCUT2D eigenvalue weighted by Gasteiger charge is 2.39. The van der Waals surface area contributed by atoms with Crippen LogP contribution >= 0.6 is 11.8 Å². The van der Waals surface area contributed by atoms with Crippen LogP contribution in [0.5, 0.6) is 5.75 Å². The molecule has 3 aromatic rings. The molecule has 8 heteroatoms. The number of phenolic OH excluding ortho intramolecular Hbond substituents is 1. The van der Waals surface area contributed by atoms with Crippen LogP contribution < -0.4 is 5.32 Å². The number of carbonyl (C=O) groups excluding carboxylic acids is 2. The molecule has 0 spiro atoms. The molecule has 2 amide bonds. The molecule has 2 N–H and O–H groups in total. The molecule has 0 atom stereocenters. The summed E-state index contributed by atoms with van der Waals surface area (Å²) < 4.78 is 0. The van der Waals surface area contributed by atoms with Gasteiger partial charge in [0.1, 0.15) is 16.4 Å². The second kappa shape index (κ2) is 8.61. The predicted octanol–water partition coefficient (Wildman–Crippen LogP) is 3.78. The molecule has 0 unspecified atom stereocenters. The number of carbonyl (C=O) groups is 2. The number of aryl methyl sites for hydroxylation is 2. The van der Waals surface area contributed by atoms with E-state index in [-0.39, 0.29) is 22.9 Å². The third-order valence-electron chi connectivity index (χ3n) is 4.63. The van der Waals surface area contributed by atoms with E-state index in [1.54, 1.807) is 18.2 Å². The van der Waals surface area contributed by atoms with Crippen molar-refractivity contribution in [3.63, 3.8) is 0 Å². The maximum Gasteiger partial charge on any atom is 0.278 e. The summed E-state index contributed by atoms with van der Waals surface area (Å²) in [4.78, 5) is 36.6. The van der Waals surface area contributed by atoms with Crippen LogP contribution in [0.25, 0.3) is 0 Å². The number of rotatable bonds is 6. The highest BCUT2D eigenvalue weighted by molar-refractivity contribution is 8.04. The number of nitrogens with one attached hydrogen (secondary N) is 1. The third-order valence-corrected chi connectivity index (χ3v) is 5.58. The standard InChI is InChI=1S/C23H20N4O3S/c1-14-12-15(2)25-23(24-14)31-20-19(26-17-10-6-7-11-18(17)28)21(29)27(22(20)30)13-16-8-4-3-5-9-16/h3-12,26,28H,13H2,1-2H3. The molecule has 7 nitrogen and oxygen atoms in total. The molecule has 0 fully saturated rings. The Morgan fingerprint density at radius 2 is 1.58 bits per heavy atom. The van der Waals surface area contributed by atoms with Crippen LogP contribution in [-0.4, -0.2) is 31.8 Å². The van der Waals surface area contributed by atoms with E-state index in [1.165, 1.54) is 11.0 Å². The molecule has 0 aliphatic carbocycles. The molecular weight excluding hydrogens is 412 g/mol. The van der Waals surface area contributed by atoms with Gasteiger partial charge in [-0.2, -0.15) is 0 Å². The minimum atomic E-state index is -0.469. The van der Waals surface area contributed by atoms with Crippen LogP contribution in [0.1, 0.15) is 17.0 Å². The number of nitrogens with zero attached hydrogens (tertiary/aromatic N) is 3. The van der Waals surface area contributed by atoms with Gasteiger partial charge < -0.3 is 10.4 Å². The van der Waals surface area contributed by atoms with Gasteiger partial charge in [0.15, 0.2) is 5.16 Å². The summed E-state index contributed by atoms with van der Waals surface area (Å²) in [6, 6.07) is 17.7. The second-order valence-corrected chi connectivity index (χ2v) is 8.04. The normalized spacial score (nSPS) is 13.8. The van der Waals surface area contributed by atoms with Gasteiger partial charge >= 0.3 is 0 Å². The third kappa shape index (κ3) is 4.44. The van der Waals surface area contributed by atoms with Gasteiger partial charge in [-0.25, -0.2) is 9.97 Å².